The Morgan fingerprint density at radius 1 is 1.14 bits per heavy atom. The second kappa shape index (κ2) is 8.36. The SMILES string of the molecule is CC(C)COC(=O)N1CCCN(CC(=O)NC(C)(C)C)CC1. The van der Waals surface area contributed by atoms with Crippen LogP contribution >= 0.6 is 0 Å². The van der Waals surface area contributed by atoms with Crippen LogP contribution in [0.15, 0.2) is 0 Å². The number of amides is 2. The maximum absolute atomic E-state index is 12.0. The van der Waals surface area contributed by atoms with Crippen LogP contribution in [-0.2, 0) is 9.53 Å². The second-order valence-electron chi connectivity index (χ2n) is 7.39. The highest BCUT2D eigenvalue weighted by atomic mass is 16.6. The van der Waals surface area contributed by atoms with Gasteiger partial charge in [0.05, 0.1) is 13.2 Å². The molecule has 1 fully saturated rings. The molecule has 22 heavy (non-hydrogen) atoms. The van der Waals surface area contributed by atoms with Crippen molar-refractivity contribution in [2.24, 2.45) is 5.92 Å². The minimum Gasteiger partial charge on any atom is -0.449 e. The number of ether oxygens (including phenoxy) is 1. The molecule has 0 aliphatic carbocycles. The first-order chi connectivity index (χ1) is 10.2. The van der Waals surface area contributed by atoms with Crippen LogP contribution in [0.3, 0.4) is 0 Å². The molecule has 0 atom stereocenters. The maximum atomic E-state index is 12.0. The molecule has 2 amide bonds. The van der Waals surface area contributed by atoms with Crippen molar-refractivity contribution < 1.29 is 14.3 Å². The molecule has 0 aromatic rings. The van der Waals surface area contributed by atoms with Crippen molar-refractivity contribution in [2.75, 3.05) is 39.3 Å². The Bertz CT molecular complexity index is 377. The number of nitrogens with one attached hydrogen (secondary N) is 1. The number of rotatable bonds is 4. The minimum atomic E-state index is -0.241. The van der Waals surface area contributed by atoms with Gasteiger partial charge in [-0.15, -0.1) is 0 Å². The second-order valence-corrected chi connectivity index (χ2v) is 7.39. The van der Waals surface area contributed by atoms with E-state index in [-0.39, 0.29) is 17.5 Å². The van der Waals surface area contributed by atoms with Crippen molar-refractivity contribution in [3.8, 4) is 0 Å². The topological polar surface area (TPSA) is 61.9 Å². The summed E-state index contributed by atoms with van der Waals surface area (Å²) in [6, 6.07) is 0. The molecule has 0 radical (unpaired) electrons. The average Bonchev–Trinajstić information content (AvgIpc) is 2.59. The Morgan fingerprint density at radius 2 is 1.82 bits per heavy atom. The van der Waals surface area contributed by atoms with E-state index in [2.05, 4.69) is 10.2 Å². The smallest absolute Gasteiger partial charge is 0.409 e. The van der Waals surface area contributed by atoms with Gasteiger partial charge in [-0.2, -0.15) is 0 Å². The fourth-order valence-electron chi connectivity index (χ4n) is 2.30. The van der Waals surface area contributed by atoms with Crippen LogP contribution < -0.4 is 5.32 Å². The lowest BCUT2D eigenvalue weighted by Gasteiger charge is -2.25. The molecule has 1 saturated heterocycles. The highest BCUT2D eigenvalue weighted by Gasteiger charge is 2.22. The third kappa shape index (κ3) is 7.64. The van der Waals surface area contributed by atoms with Crippen molar-refractivity contribution in [3.63, 3.8) is 0 Å². The van der Waals surface area contributed by atoms with E-state index in [0.29, 0.717) is 38.7 Å². The Balaban J connectivity index is 2.39. The zero-order chi connectivity index (χ0) is 16.8. The summed E-state index contributed by atoms with van der Waals surface area (Å²) >= 11 is 0. The standard InChI is InChI=1S/C16H31N3O3/c1-13(2)12-22-15(21)19-8-6-7-18(9-10-19)11-14(20)17-16(3,4)5/h13H,6-12H2,1-5H3,(H,17,20). The first kappa shape index (κ1) is 18.7. The molecule has 0 aromatic heterocycles. The van der Waals surface area contributed by atoms with E-state index in [9.17, 15) is 9.59 Å². The first-order valence-corrected chi connectivity index (χ1v) is 8.12. The van der Waals surface area contributed by atoms with Crippen molar-refractivity contribution in [1.82, 2.24) is 15.1 Å². The van der Waals surface area contributed by atoms with E-state index >= 15 is 0 Å². The normalized spacial score (nSPS) is 17.3. The van der Waals surface area contributed by atoms with Crippen LogP contribution in [0.2, 0.25) is 0 Å². The molecule has 0 unspecified atom stereocenters. The quantitative estimate of drug-likeness (QED) is 0.858. The summed E-state index contributed by atoms with van der Waals surface area (Å²) < 4.78 is 5.27. The van der Waals surface area contributed by atoms with Gasteiger partial charge in [0.1, 0.15) is 0 Å². The summed E-state index contributed by atoms with van der Waals surface area (Å²) in [4.78, 5) is 27.8. The maximum Gasteiger partial charge on any atom is 0.409 e. The summed E-state index contributed by atoms with van der Waals surface area (Å²) in [5.74, 6) is 0.372. The highest BCUT2D eigenvalue weighted by molar-refractivity contribution is 5.78. The lowest BCUT2D eigenvalue weighted by atomic mass is 10.1. The minimum absolute atomic E-state index is 0.0309. The van der Waals surface area contributed by atoms with Gasteiger partial charge in [-0.3, -0.25) is 9.69 Å². The molecular weight excluding hydrogens is 282 g/mol. The largest absolute Gasteiger partial charge is 0.449 e. The van der Waals surface area contributed by atoms with Gasteiger partial charge in [0.2, 0.25) is 5.91 Å². The van der Waals surface area contributed by atoms with E-state index in [0.717, 1.165) is 13.0 Å². The molecule has 128 valence electrons. The lowest BCUT2D eigenvalue weighted by Crippen LogP contribution is -2.46. The van der Waals surface area contributed by atoms with Gasteiger partial charge < -0.3 is 15.0 Å². The zero-order valence-electron chi connectivity index (χ0n) is 14.6. The van der Waals surface area contributed by atoms with Crippen molar-refractivity contribution in [1.29, 1.82) is 0 Å². The molecular formula is C16H31N3O3. The fraction of sp³-hybridized carbons (Fsp3) is 0.875. The Labute approximate surface area is 134 Å². The lowest BCUT2D eigenvalue weighted by molar-refractivity contribution is -0.123. The summed E-state index contributed by atoms with van der Waals surface area (Å²) in [6.45, 7) is 13.6. The van der Waals surface area contributed by atoms with Crippen LogP contribution in [0.1, 0.15) is 41.0 Å². The van der Waals surface area contributed by atoms with E-state index in [1.54, 1.807) is 4.90 Å². The molecule has 1 N–H and O–H groups in total. The van der Waals surface area contributed by atoms with Crippen molar-refractivity contribution in [3.05, 3.63) is 0 Å². The van der Waals surface area contributed by atoms with Gasteiger partial charge in [-0.1, -0.05) is 13.8 Å². The van der Waals surface area contributed by atoms with Crippen LogP contribution in [0.5, 0.6) is 0 Å². The summed E-state index contributed by atoms with van der Waals surface area (Å²) in [5.41, 5.74) is -0.213. The number of carbonyl (C=O) groups excluding carboxylic acids is 2. The number of carbonyl (C=O) groups is 2. The fourth-order valence-corrected chi connectivity index (χ4v) is 2.30. The summed E-state index contributed by atoms with van der Waals surface area (Å²) in [6.07, 6.45) is 0.620. The van der Waals surface area contributed by atoms with Crippen LogP contribution in [-0.4, -0.2) is 66.7 Å². The van der Waals surface area contributed by atoms with Gasteiger partial charge in [-0.25, -0.2) is 4.79 Å². The third-order valence-corrected chi connectivity index (χ3v) is 3.27. The zero-order valence-corrected chi connectivity index (χ0v) is 14.6. The molecule has 1 rings (SSSR count). The summed E-state index contributed by atoms with van der Waals surface area (Å²) in [7, 11) is 0. The van der Waals surface area contributed by atoms with Gasteiger partial charge in [0.25, 0.3) is 0 Å². The van der Waals surface area contributed by atoms with Crippen LogP contribution in [0, 0.1) is 5.92 Å². The Kier molecular flexibility index (Phi) is 7.13. The van der Waals surface area contributed by atoms with E-state index < -0.39 is 0 Å². The van der Waals surface area contributed by atoms with Gasteiger partial charge in [0, 0.05) is 31.7 Å². The molecule has 6 nitrogen and oxygen atoms in total. The predicted molar refractivity (Wildman–Crippen MR) is 86.7 cm³/mol. The molecule has 1 aliphatic rings. The molecule has 0 spiro atoms. The first-order valence-electron chi connectivity index (χ1n) is 8.12. The number of hydrogen-bond donors (Lipinski definition) is 1. The van der Waals surface area contributed by atoms with E-state index in [1.807, 2.05) is 34.6 Å². The van der Waals surface area contributed by atoms with Gasteiger partial charge >= 0.3 is 6.09 Å². The summed E-state index contributed by atoms with van der Waals surface area (Å²) in [5, 5.41) is 2.97. The third-order valence-electron chi connectivity index (χ3n) is 3.27. The Morgan fingerprint density at radius 3 is 2.41 bits per heavy atom. The van der Waals surface area contributed by atoms with Gasteiger partial charge in [0.15, 0.2) is 0 Å². The Hall–Kier alpha value is -1.30. The van der Waals surface area contributed by atoms with Crippen molar-refractivity contribution in [2.45, 2.75) is 46.6 Å². The van der Waals surface area contributed by atoms with E-state index in [1.165, 1.54) is 0 Å². The highest BCUT2D eigenvalue weighted by Crippen LogP contribution is 2.06. The van der Waals surface area contributed by atoms with Crippen LogP contribution in [0.25, 0.3) is 0 Å². The molecule has 1 aliphatic heterocycles. The van der Waals surface area contributed by atoms with Gasteiger partial charge in [-0.05, 0) is 33.1 Å². The predicted octanol–water partition coefficient (Wildman–Crippen LogP) is 1.70. The van der Waals surface area contributed by atoms with E-state index in [4.69, 9.17) is 4.74 Å². The molecule has 0 saturated carbocycles. The molecule has 1 heterocycles. The molecule has 0 bridgehead atoms. The molecule has 0 aromatic carbocycles. The number of hydrogen-bond acceptors (Lipinski definition) is 4. The number of nitrogens with zero attached hydrogens (tertiary/aromatic N) is 2. The van der Waals surface area contributed by atoms with Crippen LogP contribution in [0.4, 0.5) is 4.79 Å². The molecule has 6 heteroatoms. The monoisotopic (exact) mass is 313 g/mol. The average molecular weight is 313 g/mol. The van der Waals surface area contributed by atoms with Crippen molar-refractivity contribution >= 4 is 12.0 Å².